The number of fused-ring (bicyclic) bond motifs is 1. The summed E-state index contributed by atoms with van der Waals surface area (Å²) >= 11 is 0. The molecule has 1 aliphatic rings. The van der Waals surface area contributed by atoms with Crippen molar-refractivity contribution in [1.29, 1.82) is 5.26 Å². The van der Waals surface area contributed by atoms with Crippen molar-refractivity contribution in [2.45, 2.75) is 30.1 Å². The van der Waals surface area contributed by atoms with Gasteiger partial charge >= 0.3 is 6.18 Å². The highest BCUT2D eigenvalue weighted by atomic mass is 32.2. The van der Waals surface area contributed by atoms with E-state index in [2.05, 4.69) is 31.1 Å². The van der Waals surface area contributed by atoms with Gasteiger partial charge in [-0.1, -0.05) is 0 Å². The normalized spacial score (nSPS) is 17.0. The molecule has 2 atom stereocenters. The smallest absolute Gasteiger partial charge is 0.354 e. The van der Waals surface area contributed by atoms with E-state index in [1.54, 1.807) is 23.3 Å². The molecule has 1 aliphatic heterocycles. The summed E-state index contributed by atoms with van der Waals surface area (Å²) in [5.74, 6) is -6.12. The molecule has 5 rings (SSSR count). The number of pyridine rings is 1. The van der Waals surface area contributed by atoms with Crippen LogP contribution in [0.1, 0.15) is 18.9 Å². The Balaban J connectivity index is 1.41. The van der Waals surface area contributed by atoms with Crippen LogP contribution in [0, 0.1) is 28.9 Å². The maximum absolute atomic E-state index is 14.7. The van der Waals surface area contributed by atoms with Crippen molar-refractivity contribution < 1.29 is 30.4 Å². The third kappa shape index (κ3) is 5.26. The van der Waals surface area contributed by atoms with Crippen LogP contribution in [0.15, 0.2) is 42.1 Å². The monoisotopic (exact) mass is 566 g/mol. The largest absolute Gasteiger partial charge is 0.403 e. The molecule has 204 valence electrons. The highest BCUT2D eigenvalue weighted by Crippen LogP contribution is 2.35. The number of H-pyrrole nitrogens is 1. The Bertz CT molecular complexity index is 1680. The standard InChI is InChI=1S/C23H19F5N8O2S/c24-16-7-17(25)22(39(37,38)11-23(26,27)28)34-21(16)35-6-3-13(9-35)18(1-4-29)36-10-14(8-33-36)19-15-2-5-30-20(15)32-12-31-19/h2,5,7-8,10,12-13,18H,1,3,6,9,11H2,(H,30,31,32). The van der Waals surface area contributed by atoms with Gasteiger partial charge in [0.2, 0.25) is 9.84 Å². The predicted octanol–water partition coefficient (Wildman–Crippen LogP) is 3.81. The minimum atomic E-state index is -5.21. The second kappa shape index (κ2) is 9.88. The van der Waals surface area contributed by atoms with E-state index in [-0.39, 0.29) is 31.5 Å². The topological polar surface area (TPSA) is 133 Å². The van der Waals surface area contributed by atoms with E-state index in [9.17, 15) is 35.6 Å². The van der Waals surface area contributed by atoms with Crippen LogP contribution in [0.3, 0.4) is 0 Å². The van der Waals surface area contributed by atoms with Crippen LogP contribution >= 0.6 is 0 Å². The van der Waals surface area contributed by atoms with Gasteiger partial charge in [-0.3, -0.25) is 4.68 Å². The average molecular weight is 567 g/mol. The lowest BCUT2D eigenvalue weighted by molar-refractivity contribution is -0.106. The molecule has 16 heteroatoms. The number of nitrogens with one attached hydrogen (secondary N) is 1. The Morgan fingerprint density at radius 3 is 2.77 bits per heavy atom. The SMILES string of the molecule is N#CCC(C1CCN(c2nc(S(=O)(=O)CC(F)(F)F)c(F)cc2F)C1)n1cc(-c2ncnc3[nH]ccc23)cn1. The first-order valence-electron chi connectivity index (χ1n) is 11.6. The van der Waals surface area contributed by atoms with E-state index in [1.807, 2.05) is 6.07 Å². The third-order valence-corrected chi connectivity index (χ3v) is 8.05. The lowest BCUT2D eigenvalue weighted by atomic mass is 9.96. The molecule has 4 aromatic rings. The van der Waals surface area contributed by atoms with E-state index >= 15 is 0 Å². The van der Waals surface area contributed by atoms with Gasteiger partial charge in [0.05, 0.1) is 30.4 Å². The van der Waals surface area contributed by atoms with Crippen molar-refractivity contribution in [3.8, 4) is 17.3 Å². The summed E-state index contributed by atoms with van der Waals surface area (Å²) in [7, 11) is -5.21. The van der Waals surface area contributed by atoms with Gasteiger partial charge in [0.15, 0.2) is 28.2 Å². The third-order valence-electron chi connectivity index (χ3n) is 6.46. The second-order valence-electron chi connectivity index (χ2n) is 9.05. The van der Waals surface area contributed by atoms with Gasteiger partial charge in [0.25, 0.3) is 0 Å². The molecule has 10 nitrogen and oxygen atoms in total. The molecular weight excluding hydrogens is 547 g/mol. The summed E-state index contributed by atoms with van der Waals surface area (Å²) in [6, 6.07) is 3.66. The molecule has 1 N–H and O–H groups in total. The first kappa shape index (κ1) is 26.5. The van der Waals surface area contributed by atoms with Crippen LogP contribution in [0.2, 0.25) is 0 Å². The summed E-state index contributed by atoms with van der Waals surface area (Å²) in [6.07, 6.45) is 1.74. The van der Waals surface area contributed by atoms with Crippen LogP contribution < -0.4 is 4.90 Å². The van der Waals surface area contributed by atoms with Crippen LogP contribution in [0.25, 0.3) is 22.3 Å². The van der Waals surface area contributed by atoms with Crippen LogP contribution in [0.5, 0.6) is 0 Å². The Kier molecular flexibility index (Phi) is 6.70. The first-order chi connectivity index (χ1) is 18.5. The zero-order valence-electron chi connectivity index (χ0n) is 19.9. The number of halogens is 5. The summed E-state index contributed by atoms with van der Waals surface area (Å²) in [5.41, 5.74) is 1.94. The molecule has 0 spiro atoms. The van der Waals surface area contributed by atoms with Crippen molar-refractivity contribution in [2.75, 3.05) is 23.7 Å². The van der Waals surface area contributed by atoms with Crippen molar-refractivity contribution >= 4 is 26.7 Å². The quantitative estimate of drug-likeness (QED) is 0.334. The van der Waals surface area contributed by atoms with Crippen molar-refractivity contribution in [1.82, 2.24) is 29.7 Å². The number of nitriles is 1. The molecule has 4 aromatic heterocycles. The molecule has 0 aliphatic carbocycles. The lowest BCUT2D eigenvalue weighted by Crippen LogP contribution is -2.28. The Labute approximate surface area is 218 Å². The van der Waals surface area contributed by atoms with Gasteiger partial charge in [-0.15, -0.1) is 0 Å². The van der Waals surface area contributed by atoms with Gasteiger partial charge in [0, 0.05) is 48.4 Å². The highest BCUT2D eigenvalue weighted by Gasteiger charge is 2.40. The molecular formula is C23H19F5N8O2S. The minimum absolute atomic E-state index is 0.0352. The van der Waals surface area contributed by atoms with E-state index in [0.29, 0.717) is 23.3 Å². The van der Waals surface area contributed by atoms with E-state index in [1.165, 1.54) is 11.2 Å². The fourth-order valence-electron chi connectivity index (χ4n) is 4.77. The molecule has 0 radical (unpaired) electrons. The molecule has 0 bridgehead atoms. The first-order valence-corrected chi connectivity index (χ1v) is 13.2. The maximum atomic E-state index is 14.7. The van der Waals surface area contributed by atoms with E-state index < -0.39 is 50.3 Å². The molecule has 0 saturated carbocycles. The Hall–Kier alpha value is -4.13. The van der Waals surface area contributed by atoms with Crippen molar-refractivity contribution in [2.24, 2.45) is 5.92 Å². The molecule has 2 unspecified atom stereocenters. The van der Waals surface area contributed by atoms with Crippen molar-refractivity contribution in [3.63, 3.8) is 0 Å². The number of aromatic amines is 1. The number of alkyl halides is 3. The van der Waals surface area contributed by atoms with Gasteiger partial charge < -0.3 is 9.88 Å². The molecule has 39 heavy (non-hydrogen) atoms. The minimum Gasteiger partial charge on any atom is -0.354 e. The number of sulfone groups is 1. The number of nitrogens with zero attached hydrogens (tertiary/aromatic N) is 7. The number of anilines is 1. The fourth-order valence-corrected chi connectivity index (χ4v) is 5.92. The zero-order valence-corrected chi connectivity index (χ0v) is 20.7. The molecule has 0 aromatic carbocycles. The van der Waals surface area contributed by atoms with Gasteiger partial charge in [-0.05, 0) is 12.5 Å². The van der Waals surface area contributed by atoms with Crippen LogP contribution in [-0.4, -0.2) is 63.2 Å². The summed E-state index contributed by atoms with van der Waals surface area (Å²) in [5, 5.41) is 13.2. The maximum Gasteiger partial charge on any atom is 0.403 e. The fraction of sp³-hybridized carbons (Fsp3) is 0.348. The van der Waals surface area contributed by atoms with E-state index in [0.717, 1.165) is 5.39 Å². The Morgan fingerprint density at radius 1 is 1.23 bits per heavy atom. The second-order valence-corrected chi connectivity index (χ2v) is 11.0. The lowest BCUT2D eigenvalue weighted by Gasteiger charge is -2.23. The van der Waals surface area contributed by atoms with Gasteiger partial charge in [0.1, 0.15) is 12.0 Å². The van der Waals surface area contributed by atoms with Gasteiger partial charge in [-0.25, -0.2) is 32.2 Å². The Morgan fingerprint density at radius 2 is 2.03 bits per heavy atom. The van der Waals surface area contributed by atoms with Crippen LogP contribution in [-0.2, 0) is 9.84 Å². The summed E-state index contributed by atoms with van der Waals surface area (Å²) < 4.78 is 93.0. The van der Waals surface area contributed by atoms with Crippen molar-refractivity contribution in [3.05, 3.63) is 48.7 Å². The molecule has 1 fully saturated rings. The number of rotatable bonds is 7. The summed E-state index contributed by atoms with van der Waals surface area (Å²) in [6.45, 7) is 0.219. The molecule has 1 saturated heterocycles. The highest BCUT2D eigenvalue weighted by molar-refractivity contribution is 7.91. The number of hydrogen-bond acceptors (Lipinski definition) is 8. The zero-order chi connectivity index (χ0) is 27.9. The van der Waals surface area contributed by atoms with Crippen LogP contribution in [0.4, 0.5) is 27.8 Å². The number of hydrogen-bond donors (Lipinski definition) is 1. The van der Waals surface area contributed by atoms with Gasteiger partial charge in [-0.2, -0.15) is 23.5 Å². The van der Waals surface area contributed by atoms with E-state index in [4.69, 9.17) is 0 Å². The summed E-state index contributed by atoms with van der Waals surface area (Å²) in [4.78, 5) is 16.3. The molecule has 5 heterocycles. The molecule has 0 amide bonds. The average Bonchev–Trinajstić information content (AvgIpc) is 3.61. The predicted molar refractivity (Wildman–Crippen MR) is 127 cm³/mol. The number of aromatic nitrogens is 6.